The van der Waals surface area contributed by atoms with E-state index in [2.05, 4.69) is 54.0 Å². The van der Waals surface area contributed by atoms with Gasteiger partial charge in [0.1, 0.15) is 5.75 Å². The number of carbonyl (C=O) groups excluding carboxylic acids is 2. The van der Waals surface area contributed by atoms with Gasteiger partial charge in [0.2, 0.25) is 11.8 Å². The van der Waals surface area contributed by atoms with Crippen molar-refractivity contribution in [2.75, 3.05) is 20.2 Å². The SMILES string of the molecule is CNC(=O)CCCCCOc1ccc(CCNC(=O)CCCCCc2ccc(C)cc2)cc1. The summed E-state index contributed by atoms with van der Waals surface area (Å²) in [6, 6.07) is 16.8. The average molecular weight is 453 g/mol. The molecule has 0 aliphatic rings. The topological polar surface area (TPSA) is 67.4 Å². The van der Waals surface area contributed by atoms with Crippen molar-refractivity contribution in [1.82, 2.24) is 10.6 Å². The maximum absolute atomic E-state index is 12.1. The van der Waals surface area contributed by atoms with E-state index in [-0.39, 0.29) is 11.8 Å². The molecule has 0 heterocycles. The highest BCUT2D eigenvalue weighted by molar-refractivity contribution is 5.75. The second-order valence-corrected chi connectivity index (χ2v) is 8.62. The van der Waals surface area contributed by atoms with Crippen molar-refractivity contribution in [1.29, 1.82) is 0 Å². The van der Waals surface area contributed by atoms with E-state index in [1.165, 1.54) is 16.7 Å². The number of ether oxygens (including phenoxy) is 1. The van der Waals surface area contributed by atoms with Gasteiger partial charge in [-0.2, -0.15) is 0 Å². The third-order valence-corrected chi connectivity index (χ3v) is 5.74. The zero-order valence-electron chi connectivity index (χ0n) is 20.3. The summed E-state index contributed by atoms with van der Waals surface area (Å²) in [5.41, 5.74) is 3.85. The summed E-state index contributed by atoms with van der Waals surface area (Å²) in [5, 5.41) is 5.66. The molecule has 0 saturated carbocycles. The fraction of sp³-hybridized carbons (Fsp3) is 0.500. The molecule has 2 aromatic rings. The quantitative estimate of drug-likeness (QED) is 0.347. The normalized spacial score (nSPS) is 10.6. The van der Waals surface area contributed by atoms with Gasteiger partial charge >= 0.3 is 0 Å². The molecule has 0 atom stereocenters. The molecule has 0 fully saturated rings. The van der Waals surface area contributed by atoms with E-state index in [4.69, 9.17) is 4.74 Å². The van der Waals surface area contributed by atoms with Gasteiger partial charge in [0.15, 0.2) is 0 Å². The molecule has 2 N–H and O–H groups in total. The van der Waals surface area contributed by atoms with Crippen LogP contribution in [0.3, 0.4) is 0 Å². The van der Waals surface area contributed by atoms with Crippen molar-refractivity contribution >= 4 is 11.8 Å². The van der Waals surface area contributed by atoms with Gasteiger partial charge in [0, 0.05) is 26.4 Å². The van der Waals surface area contributed by atoms with Crippen molar-refractivity contribution in [2.24, 2.45) is 0 Å². The summed E-state index contributed by atoms with van der Waals surface area (Å²) in [6.45, 7) is 3.43. The Bertz CT molecular complexity index is 816. The number of carbonyl (C=O) groups is 2. The second-order valence-electron chi connectivity index (χ2n) is 8.62. The predicted molar refractivity (Wildman–Crippen MR) is 135 cm³/mol. The van der Waals surface area contributed by atoms with Crippen LogP contribution >= 0.6 is 0 Å². The van der Waals surface area contributed by atoms with E-state index >= 15 is 0 Å². The number of unbranched alkanes of at least 4 members (excludes halogenated alkanes) is 4. The minimum Gasteiger partial charge on any atom is -0.494 e. The maximum Gasteiger partial charge on any atom is 0.220 e. The first kappa shape index (κ1) is 26.4. The Morgan fingerprint density at radius 3 is 2.03 bits per heavy atom. The summed E-state index contributed by atoms with van der Waals surface area (Å²) in [5.74, 6) is 1.10. The van der Waals surface area contributed by atoms with Gasteiger partial charge in [-0.25, -0.2) is 0 Å². The molecule has 2 amide bonds. The lowest BCUT2D eigenvalue weighted by Crippen LogP contribution is -2.25. The molecule has 180 valence electrons. The number of benzene rings is 2. The van der Waals surface area contributed by atoms with Gasteiger partial charge in [-0.05, 0) is 75.1 Å². The molecule has 0 aromatic heterocycles. The Kier molecular flexibility index (Phi) is 12.7. The lowest BCUT2D eigenvalue weighted by Gasteiger charge is -2.08. The van der Waals surface area contributed by atoms with Crippen molar-refractivity contribution in [3.05, 3.63) is 65.2 Å². The highest BCUT2D eigenvalue weighted by Gasteiger charge is 2.03. The minimum atomic E-state index is 0.0941. The maximum atomic E-state index is 12.1. The molecule has 0 unspecified atom stereocenters. The molecule has 0 spiro atoms. The molecule has 0 bridgehead atoms. The van der Waals surface area contributed by atoms with Crippen LogP contribution in [0.2, 0.25) is 0 Å². The van der Waals surface area contributed by atoms with Crippen LogP contribution in [0.15, 0.2) is 48.5 Å². The molecule has 0 aliphatic heterocycles. The standard InChI is InChI=1S/C28H40N2O3/c1-23-12-14-24(15-13-23)9-5-3-6-11-28(32)30-21-20-25-16-18-26(19-17-25)33-22-8-4-7-10-27(31)29-2/h12-19H,3-11,20-22H2,1-2H3,(H,29,31)(H,30,32). The van der Waals surface area contributed by atoms with Gasteiger partial charge in [-0.15, -0.1) is 0 Å². The largest absolute Gasteiger partial charge is 0.494 e. The zero-order valence-corrected chi connectivity index (χ0v) is 20.3. The second kappa shape index (κ2) is 15.9. The van der Waals surface area contributed by atoms with E-state index in [0.29, 0.717) is 26.0 Å². The minimum absolute atomic E-state index is 0.0941. The Labute approximate surface area is 199 Å². The van der Waals surface area contributed by atoms with E-state index < -0.39 is 0 Å². The summed E-state index contributed by atoms with van der Waals surface area (Å²) < 4.78 is 5.76. The molecule has 0 saturated heterocycles. The van der Waals surface area contributed by atoms with Gasteiger partial charge < -0.3 is 15.4 Å². The molecule has 5 nitrogen and oxygen atoms in total. The highest BCUT2D eigenvalue weighted by Crippen LogP contribution is 2.14. The Balaban J connectivity index is 1.48. The highest BCUT2D eigenvalue weighted by atomic mass is 16.5. The van der Waals surface area contributed by atoms with Gasteiger partial charge in [0.05, 0.1) is 6.61 Å². The molecule has 5 heteroatoms. The number of amides is 2. The summed E-state index contributed by atoms with van der Waals surface area (Å²) in [6.07, 6.45) is 9.04. The fourth-order valence-corrected chi connectivity index (χ4v) is 3.61. The van der Waals surface area contributed by atoms with Crippen LogP contribution < -0.4 is 15.4 Å². The Morgan fingerprint density at radius 2 is 1.33 bits per heavy atom. The van der Waals surface area contributed by atoms with E-state index in [0.717, 1.165) is 57.1 Å². The molecular formula is C28H40N2O3. The van der Waals surface area contributed by atoms with Crippen LogP contribution in [-0.2, 0) is 22.4 Å². The van der Waals surface area contributed by atoms with E-state index in [1.807, 2.05) is 12.1 Å². The van der Waals surface area contributed by atoms with Crippen LogP contribution in [0.4, 0.5) is 0 Å². The lowest BCUT2D eigenvalue weighted by molar-refractivity contribution is -0.121. The molecule has 0 aliphatic carbocycles. The Morgan fingerprint density at radius 1 is 0.727 bits per heavy atom. The van der Waals surface area contributed by atoms with Crippen molar-refractivity contribution < 1.29 is 14.3 Å². The summed E-state index contributed by atoms with van der Waals surface area (Å²) in [7, 11) is 1.67. The van der Waals surface area contributed by atoms with Crippen molar-refractivity contribution in [2.45, 2.75) is 71.1 Å². The van der Waals surface area contributed by atoms with E-state index in [9.17, 15) is 9.59 Å². The van der Waals surface area contributed by atoms with Gasteiger partial charge in [-0.1, -0.05) is 48.4 Å². The third kappa shape index (κ3) is 12.1. The first-order valence-electron chi connectivity index (χ1n) is 12.3. The van der Waals surface area contributed by atoms with Crippen LogP contribution in [0, 0.1) is 6.92 Å². The third-order valence-electron chi connectivity index (χ3n) is 5.74. The number of hydrogen-bond acceptors (Lipinski definition) is 3. The fourth-order valence-electron chi connectivity index (χ4n) is 3.61. The summed E-state index contributed by atoms with van der Waals surface area (Å²) in [4.78, 5) is 23.2. The monoisotopic (exact) mass is 452 g/mol. The lowest BCUT2D eigenvalue weighted by atomic mass is 10.0. The van der Waals surface area contributed by atoms with Crippen molar-refractivity contribution in [3.8, 4) is 5.75 Å². The van der Waals surface area contributed by atoms with Gasteiger partial charge in [-0.3, -0.25) is 9.59 Å². The number of rotatable bonds is 16. The average Bonchev–Trinajstić information content (AvgIpc) is 2.83. The number of nitrogens with one attached hydrogen (secondary N) is 2. The molecule has 33 heavy (non-hydrogen) atoms. The first-order valence-corrected chi connectivity index (χ1v) is 12.3. The number of hydrogen-bond donors (Lipinski definition) is 2. The van der Waals surface area contributed by atoms with Crippen LogP contribution in [0.1, 0.15) is 68.1 Å². The zero-order chi connectivity index (χ0) is 23.7. The predicted octanol–water partition coefficient (Wildman–Crippen LogP) is 5.14. The van der Waals surface area contributed by atoms with Crippen LogP contribution in [-0.4, -0.2) is 32.0 Å². The first-order chi connectivity index (χ1) is 16.1. The molecule has 0 radical (unpaired) electrons. The van der Waals surface area contributed by atoms with Crippen LogP contribution in [0.25, 0.3) is 0 Å². The molecular weight excluding hydrogens is 412 g/mol. The Hall–Kier alpha value is -2.82. The van der Waals surface area contributed by atoms with E-state index in [1.54, 1.807) is 7.05 Å². The molecule has 2 rings (SSSR count). The summed E-state index contributed by atoms with van der Waals surface area (Å²) >= 11 is 0. The van der Waals surface area contributed by atoms with Crippen molar-refractivity contribution in [3.63, 3.8) is 0 Å². The smallest absolute Gasteiger partial charge is 0.220 e. The molecule has 2 aromatic carbocycles. The van der Waals surface area contributed by atoms with Gasteiger partial charge in [0.25, 0.3) is 0 Å². The number of aryl methyl sites for hydroxylation is 2. The van der Waals surface area contributed by atoms with Crippen LogP contribution in [0.5, 0.6) is 5.75 Å².